The summed E-state index contributed by atoms with van der Waals surface area (Å²) in [7, 11) is 0. The summed E-state index contributed by atoms with van der Waals surface area (Å²) in [6.07, 6.45) is 0. The average Bonchev–Trinajstić information content (AvgIpc) is 3.90. The zero-order valence-corrected chi connectivity index (χ0v) is 39.2. The van der Waals surface area contributed by atoms with E-state index in [1.807, 2.05) is 6.07 Å². The fourth-order valence-electron chi connectivity index (χ4n) is 10.9. The van der Waals surface area contributed by atoms with E-state index >= 15 is 0 Å². The van der Waals surface area contributed by atoms with Crippen molar-refractivity contribution in [1.82, 2.24) is 4.98 Å². The summed E-state index contributed by atoms with van der Waals surface area (Å²) in [5, 5.41) is 11.9. The molecule has 14 rings (SSSR count). The minimum absolute atomic E-state index is 0.633. The van der Waals surface area contributed by atoms with Gasteiger partial charge in [-0.15, -0.1) is 0 Å². The van der Waals surface area contributed by atoms with Gasteiger partial charge in [-0.25, -0.2) is 4.98 Å². The van der Waals surface area contributed by atoms with Crippen LogP contribution in [0.25, 0.3) is 121 Å². The topological polar surface area (TPSA) is 29.3 Å². The number of para-hydroxylation sites is 1. The molecule has 336 valence electrons. The van der Waals surface area contributed by atoms with Crippen molar-refractivity contribution in [2.24, 2.45) is 0 Å². The third kappa shape index (κ3) is 7.26. The van der Waals surface area contributed by atoms with Crippen molar-refractivity contribution in [3.63, 3.8) is 0 Å². The van der Waals surface area contributed by atoms with Gasteiger partial charge in [0.2, 0.25) is 5.89 Å². The van der Waals surface area contributed by atoms with Crippen molar-refractivity contribution < 1.29 is 4.42 Å². The Morgan fingerprint density at radius 1 is 0.278 bits per heavy atom. The van der Waals surface area contributed by atoms with Gasteiger partial charge < -0.3 is 9.32 Å². The Labute approximate surface area is 417 Å². The quantitative estimate of drug-likeness (QED) is 0.152. The fraction of sp³-hybridized carbons (Fsp3) is 0. The first-order valence-electron chi connectivity index (χ1n) is 24.6. The molecule has 0 saturated heterocycles. The van der Waals surface area contributed by atoms with Crippen LogP contribution in [0.5, 0.6) is 0 Å². The van der Waals surface area contributed by atoms with Crippen LogP contribution in [-0.4, -0.2) is 4.98 Å². The van der Waals surface area contributed by atoms with E-state index in [4.69, 9.17) is 9.40 Å². The zero-order chi connectivity index (χ0) is 47.5. The zero-order valence-electron chi connectivity index (χ0n) is 39.2. The van der Waals surface area contributed by atoms with Gasteiger partial charge in [0.05, 0.1) is 5.69 Å². The smallest absolute Gasteiger partial charge is 0.227 e. The summed E-state index contributed by atoms with van der Waals surface area (Å²) in [5.41, 5.74) is 15.3. The van der Waals surface area contributed by atoms with Gasteiger partial charge in [0, 0.05) is 27.9 Å². The lowest BCUT2D eigenvalue weighted by atomic mass is 9.95. The molecular formula is C69H44N2O. The van der Waals surface area contributed by atoms with E-state index in [2.05, 4.69) is 266 Å². The molecule has 13 aromatic carbocycles. The minimum Gasteiger partial charge on any atom is -0.436 e. The van der Waals surface area contributed by atoms with Crippen molar-refractivity contribution in [2.45, 2.75) is 0 Å². The maximum atomic E-state index is 6.34. The van der Waals surface area contributed by atoms with E-state index in [0.717, 1.165) is 66.8 Å². The van der Waals surface area contributed by atoms with Gasteiger partial charge in [-0.2, -0.15) is 0 Å². The number of rotatable bonds is 8. The highest BCUT2D eigenvalue weighted by Crippen LogP contribution is 2.45. The summed E-state index contributed by atoms with van der Waals surface area (Å²) < 4.78 is 6.34. The van der Waals surface area contributed by atoms with E-state index < -0.39 is 0 Å². The third-order valence-electron chi connectivity index (χ3n) is 14.4. The largest absolute Gasteiger partial charge is 0.436 e. The van der Waals surface area contributed by atoms with Gasteiger partial charge in [0.15, 0.2) is 5.58 Å². The summed E-state index contributed by atoms with van der Waals surface area (Å²) in [4.78, 5) is 7.46. The first-order chi connectivity index (χ1) is 35.6. The Kier molecular flexibility index (Phi) is 9.85. The highest BCUT2D eigenvalue weighted by Gasteiger charge is 2.20. The van der Waals surface area contributed by atoms with Crippen LogP contribution in [0.2, 0.25) is 0 Å². The molecule has 0 spiro atoms. The normalized spacial score (nSPS) is 11.6. The number of benzene rings is 13. The molecule has 1 aromatic heterocycles. The average molecular weight is 917 g/mol. The van der Waals surface area contributed by atoms with Gasteiger partial charge in [-0.3, -0.25) is 0 Å². The third-order valence-corrected chi connectivity index (χ3v) is 14.4. The molecule has 0 radical (unpaired) electrons. The molecule has 14 aromatic rings. The monoisotopic (exact) mass is 916 g/mol. The molecule has 72 heavy (non-hydrogen) atoms. The molecule has 0 N–H and O–H groups in total. The van der Waals surface area contributed by atoms with E-state index in [1.54, 1.807) is 0 Å². The van der Waals surface area contributed by atoms with E-state index in [-0.39, 0.29) is 0 Å². The van der Waals surface area contributed by atoms with Crippen molar-refractivity contribution in [1.29, 1.82) is 0 Å². The summed E-state index contributed by atoms with van der Waals surface area (Å²) in [6, 6.07) is 96.6. The highest BCUT2D eigenvalue weighted by molar-refractivity contribution is 6.06. The lowest BCUT2D eigenvalue weighted by molar-refractivity contribution is 0.620. The van der Waals surface area contributed by atoms with Gasteiger partial charge in [-0.1, -0.05) is 200 Å². The summed E-state index contributed by atoms with van der Waals surface area (Å²) >= 11 is 0. The van der Waals surface area contributed by atoms with Crippen molar-refractivity contribution in [3.05, 3.63) is 267 Å². The van der Waals surface area contributed by atoms with E-state index in [1.165, 1.54) is 65.3 Å². The van der Waals surface area contributed by atoms with Crippen LogP contribution >= 0.6 is 0 Å². The second kappa shape index (κ2) is 17.1. The lowest BCUT2D eigenvalue weighted by Gasteiger charge is -2.29. The van der Waals surface area contributed by atoms with Gasteiger partial charge in [0.1, 0.15) is 5.52 Å². The van der Waals surface area contributed by atoms with Crippen LogP contribution in [0.1, 0.15) is 0 Å². The van der Waals surface area contributed by atoms with E-state index in [9.17, 15) is 0 Å². The Morgan fingerprint density at radius 2 is 0.736 bits per heavy atom. The molecule has 0 aliphatic carbocycles. The predicted octanol–water partition coefficient (Wildman–Crippen LogP) is 19.4. The van der Waals surface area contributed by atoms with Gasteiger partial charge in [0.25, 0.3) is 0 Å². The van der Waals surface area contributed by atoms with Crippen molar-refractivity contribution >= 4 is 82.0 Å². The Hall–Kier alpha value is -9.57. The van der Waals surface area contributed by atoms with Crippen LogP contribution < -0.4 is 4.90 Å². The van der Waals surface area contributed by atoms with Crippen LogP contribution in [0.4, 0.5) is 17.1 Å². The standard InChI is InChI=1S/C69H44N2O/c1-2-16-48-42-57(34-29-45(48)13-1)69-70-68-65-37-35-52(41-56(65)36-38-67(68)72-69)49-30-31-51-40-55(33-32-50(51)39-49)64-25-7-8-28-66(64)71(58-21-9-19-53(43-58)62-26-11-17-46-14-3-5-23-60(46)62)59-22-10-20-54(44-59)63-27-12-18-47-15-4-6-24-61(47)63/h1-44H. The molecule has 3 nitrogen and oxygen atoms in total. The number of fused-ring (bicyclic) bond motifs is 7. The predicted molar refractivity (Wildman–Crippen MR) is 303 cm³/mol. The first kappa shape index (κ1) is 41.4. The molecule has 3 heteroatoms. The molecular weight excluding hydrogens is 873 g/mol. The molecule has 1 heterocycles. The molecule has 0 unspecified atom stereocenters. The molecule has 0 fully saturated rings. The number of nitrogens with zero attached hydrogens (tertiary/aromatic N) is 2. The number of hydrogen-bond donors (Lipinski definition) is 0. The Bertz CT molecular complexity index is 4300. The lowest BCUT2D eigenvalue weighted by Crippen LogP contribution is -2.11. The maximum Gasteiger partial charge on any atom is 0.227 e. The minimum atomic E-state index is 0.633. The van der Waals surface area contributed by atoms with Crippen LogP contribution in [-0.2, 0) is 0 Å². The second-order valence-corrected chi connectivity index (χ2v) is 18.7. The van der Waals surface area contributed by atoms with Gasteiger partial charge >= 0.3 is 0 Å². The Balaban J connectivity index is 0.842. The van der Waals surface area contributed by atoms with Crippen molar-refractivity contribution in [3.8, 4) is 56.0 Å². The van der Waals surface area contributed by atoms with Gasteiger partial charge in [-0.05, 0) is 154 Å². The number of aromatic nitrogens is 1. The molecule has 0 bridgehead atoms. The second-order valence-electron chi connectivity index (χ2n) is 18.7. The molecule has 0 atom stereocenters. The number of anilines is 3. The molecule has 0 aliphatic heterocycles. The highest BCUT2D eigenvalue weighted by atomic mass is 16.3. The number of oxazole rings is 1. The molecule has 0 amide bonds. The van der Waals surface area contributed by atoms with Crippen LogP contribution in [0.15, 0.2) is 271 Å². The molecule has 0 saturated carbocycles. The maximum absolute atomic E-state index is 6.34. The van der Waals surface area contributed by atoms with E-state index in [0.29, 0.717) is 5.89 Å². The fourth-order valence-corrected chi connectivity index (χ4v) is 10.9. The first-order valence-corrected chi connectivity index (χ1v) is 24.6. The summed E-state index contributed by atoms with van der Waals surface area (Å²) in [5.74, 6) is 0.633. The number of hydrogen-bond acceptors (Lipinski definition) is 3. The summed E-state index contributed by atoms with van der Waals surface area (Å²) in [6.45, 7) is 0. The SMILES string of the molecule is c1cc(-c2cccc3ccccc23)cc(N(c2cccc(-c3cccc4ccccc34)c2)c2ccccc2-c2ccc3cc(-c4ccc5c(ccc6oc(-c7ccc8ccccc8c7)nc65)c4)ccc3c2)c1. The molecule has 0 aliphatic rings. The van der Waals surface area contributed by atoms with Crippen LogP contribution in [0.3, 0.4) is 0 Å². The van der Waals surface area contributed by atoms with Crippen LogP contribution in [0, 0.1) is 0 Å². The van der Waals surface area contributed by atoms with Crippen molar-refractivity contribution in [2.75, 3.05) is 4.90 Å². The Morgan fingerprint density at radius 3 is 1.44 bits per heavy atom.